The maximum absolute atomic E-state index is 12.5. The highest BCUT2D eigenvalue weighted by molar-refractivity contribution is 7.16. The Morgan fingerprint density at radius 3 is 2.39 bits per heavy atom. The van der Waals surface area contributed by atoms with E-state index in [1.54, 1.807) is 34.8 Å². The molecule has 0 radical (unpaired) electrons. The number of hydrogen-bond donors (Lipinski definition) is 1. The quantitative estimate of drug-likeness (QED) is 0.594. The number of benzene rings is 1. The Labute approximate surface area is 172 Å². The lowest BCUT2D eigenvalue weighted by atomic mass is 10.1. The summed E-state index contributed by atoms with van der Waals surface area (Å²) in [5.74, 6) is 1.18. The molecule has 2 heterocycles. The fourth-order valence-corrected chi connectivity index (χ4v) is 4.40. The van der Waals surface area contributed by atoms with Gasteiger partial charge >= 0.3 is 0 Å². The first-order chi connectivity index (χ1) is 13.5. The van der Waals surface area contributed by atoms with Crippen molar-refractivity contribution in [3.63, 3.8) is 0 Å². The monoisotopic (exact) mass is 418 g/mol. The molecule has 0 spiro atoms. The average molecular weight is 419 g/mol. The molecule has 1 aromatic carbocycles. The second kappa shape index (κ2) is 9.07. The number of carbonyl (C=O) groups is 1. The number of ether oxygens (including phenoxy) is 3. The molecule has 0 unspecified atom stereocenters. The van der Waals surface area contributed by atoms with Crippen LogP contribution in [0.3, 0.4) is 0 Å². The molecule has 8 heteroatoms. The van der Waals surface area contributed by atoms with Crippen molar-refractivity contribution >= 4 is 28.6 Å². The van der Waals surface area contributed by atoms with Crippen LogP contribution in [-0.2, 0) is 6.42 Å². The molecule has 6 nitrogen and oxygen atoms in total. The topological polar surface area (TPSA) is 69.7 Å². The van der Waals surface area contributed by atoms with Crippen molar-refractivity contribution in [1.29, 1.82) is 0 Å². The second-order valence-electron chi connectivity index (χ2n) is 5.94. The number of aryl methyl sites for hydroxylation is 1. The summed E-state index contributed by atoms with van der Waals surface area (Å²) >= 11 is 3.35. The number of methoxy groups -OCH3 is 3. The number of thiophene rings is 1. The third-order valence-electron chi connectivity index (χ3n) is 4.12. The lowest BCUT2D eigenvalue weighted by Gasteiger charge is -2.14. The Balaban J connectivity index is 1.62. The predicted octanol–water partition coefficient (Wildman–Crippen LogP) is 4.18. The summed E-state index contributed by atoms with van der Waals surface area (Å²) in [6.07, 6.45) is 0.754. The summed E-state index contributed by atoms with van der Waals surface area (Å²) in [5, 5.41) is 6.07. The van der Waals surface area contributed by atoms with E-state index in [9.17, 15) is 4.79 Å². The Morgan fingerprint density at radius 2 is 1.82 bits per heavy atom. The van der Waals surface area contributed by atoms with Gasteiger partial charge in [-0.2, -0.15) is 0 Å². The van der Waals surface area contributed by atoms with Crippen LogP contribution in [0.4, 0.5) is 0 Å². The van der Waals surface area contributed by atoms with Gasteiger partial charge in [-0.3, -0.25) is 4.79 Å². The van der Waals surface area contributed by atoms with E-state index in [1.165, 1.54) is 26.2 Å². The fraction of sp³-hybridized carbons (Fsp3) is 0.300. The predicted molar refractivity (Wildman–Crippen MR) is 112 cm³/mol. The summed E-state index contributed by atoms with van der Waals surface area (Å²) < 4.78 is 15.9. The minimum Gasteiger partial charge on any atom is -0.493 e. The Bertz CT molecular complexity index is 940. The fourth-order valence-electron chi connectivity index (χ4n) is 2.74. The van der Waals surface area contributed by atoms with E-state index < -0.39 is 0 Å². The first kappa shape index (κ1) is 20.2. The van der Waals surface area contributed by atoms with Crippen molar-refractivity contribution in [2.24, 2.45) is 0 Å². The lowest BCUT2D eigenvalue weighted by molar-refractivity contribution is 0.0953. The number of nitrogens with one attached hydrogen (secondary N) is 1. The molecule has 28 heavy (non-hydrogen) atoms. The number of amides is 1. The van der Waals surface area contributed by atoms with Gasteiger partial charge < -0.3 is 19.5 Å². The van der Waals surface area contributed by atoms with Gasteiger partial charge in [-0.25, -0.2) is 4.98 Å². The van der Waals surface area contributed by atoms with E-state index in [2.05, 4.69) is 27.8 Å². The molecular weight excluding hydrogens is 396 g/mol. The first-order valence-electron chi connectivity index (χ1n) is 8.65. The molecule has 0 bridgehead atoms. The number of hydrogen-bond acceptors (Lipinski definition) is 7. The van der Waals surface area contributed by atoms with Crippen molar-refractivity contribution in [2.45, 2.75) is 13.3 Å². The third-order valence-corrected chi connectivity index (χ3v) is 6.06. The van der Waals surface area contributed by atoms with E-state index in [4.69, 9.17) is 14.2 Å². The Kier molecular flexibility index (Phi) is 6.53. The van der Waals surface area contributed by atoms with Crippen LogP contribution in [0.1, 0.15) is 20.2 Å². The molecule has 0 aliphatic carbocycles. The summed E-state index contributed by atoms with van der Waals surface area (Å²) in [4.78, 5) is 19.4. The van der Waals surface area contributed by atoms with Crippen LogP contribution >= 0.6 is 22.7 Å². The molecule has 1 amide bonds. The smallest absolute Gasteiger partial charge is 0.251 e. The molecule has 1 N–H and O–H groups in total. The van der Waals surface area contributed by atoms with Crippen molar-refractivity contribution in [3.8, 4) is 27.8 Å². The summed E-state index contributed by atoms with van der Waals surface area (Å²) in [7, 11) is 4.58. The number of carbonyl (C=O) groups excluding carboxylic acids is 1. The summed E-state index contributed by atoms with van der Waals surface area (Å²) in [5.41, 5.74) is 1.47. The molecule has 3 aromatic rings. The molecule has 0 saturated carbocycles. The van der Waals surface area contributed by atoms with E-state index in [1.807, 2.05) is 6.92 Å². The van der Waals surface area contributed by atoms with Gasteiger partial charge in [-0.05, 0) is 37.6 Å². The van der Waals surface area contributed by atoms with E-state index in [0.717, 1.165) is 22.0 Å². The van der Waals surface area contributed by atoms with E-state index in [0.29, 0.717) is 29.4 Å². The first-order valence-corrected chi connectivity index (χ1v) is 10.3. The normalized spacial score (nSPS) is 10.6. The van der Waals surface area contributed by atoms with Crippen LogP contribution in [0, 0.1) is 6.92 Å². The molecule has 3 rings (SSSR count). The molecule has 148 valence electrons. The molecule has 0 fully saturated rings. The van der Waals surface area contributed by atoms with Crippen molar-refractivity contribution in [2.75, 3.05) is 27.9 Å². The van der Waals surface area contributed by atoms with Crippen molar-refractivity contribution < 1.29 is 19.0 Å². The minimum atomic E-state index is -0.189. The average Bonchev–Trinajstić information content (AvgIpc) is 3.35. The largest absolute Gasteiger partial charge is 0.493 e. The molecule has 0 aliphatic heterocycles. The Hall–Kier alpha value is -2.58. The molecule has 0 aliphatic rings. The molecule has 0 saturated heterocycles. The van der Waals surface area contributed by atoms with Crippen LogP contribution in [0.2, 0.25) is 0 Å². The number of nitrogens with zero attached hydrogens (tertiary/aromatic N) is 1. The minimum absolute atomic E-state index is 0.189. The second-order valence-corrected chi connectivity index (χ2v) is 8.17. The zero-order chi connectivity index (χ0) is 20.1. The van der Waals surface area contributed by atoms with Gasteiger partial charge in [0.1, 0.15) is 0 Å². The standard InChI is InChI=1S/C20H22N2O4S2/c1-12-22-15(11-27-12)18-6-5-14(28-18)7-8-21-20(23)13-9-16(24-2)19(26-4)17(10-13)25-3/h5-6,9-11H,7-8H2,1-4H3,(H,21,23). The number of thiazole rings is 1. The highest BCUT2D eigenvalue weighted by atomic mass is 32.1. The van der Waals surface area contributed by atoms with Gasteiger partial charge in [0.15, 0.2) is 11.5 Å². The third kappa shape index (κ3) is 4.45. The van der Waals surface area contributed by atoms with E-state index >= 15 is 0 Å². The van der Waals surface area contributed by atoms with Gasteiger partial charge in [0.05, 0.1) is 36.9 Å². The summed E-state index contributed by atoms with van der Waals surface area (Å²) in [6, 6.07) is 7.45. The highest BCUT2D eigenvalue weighted by Crippen LogP contribution is 2.38. The maximum Gasteiger partial charge on any atom is 0.251 e. The van der Waals surface area contributed by atoms with Gasteiger partial charge in [-0.15, -0.1) is 22.7 Å². The Morgan fingerprint density at radius 1 is 1.11 bits per heavy atom. The van der Waals surface area contributed by atoms with Crippen molar-refractivity contribution in [3.05, 3.63) is 45.1 Å². The van der Waals surface area contributed by atoms with Crippen LogP contribution in [0.5, 0.6) is 17.2 Å². The van der Waals surface area contributed by atoms with Gasteiger partial charge in [-0.1, -0.05) is 0 Å². The molecule has 0 atom stereocenters. The van der Waals surface area contributed by atoms with Crippen LogP contribution in [0.25, 0.3) is 10.6 Å². The van der Waals surface area contributed by atoms with Gasteiger partial charge in [0.25, 0.3) is 5.91 Å². The highest BCUT2D eigenvalue weighted by Gasteiger charge is 2.17. The number of rotatable bonds is 8. The number of aromatic nitrogens is 1. The zero-order valence-corrected chi connectivity index (χ0v) is 17.8. The van der Waals surface area contributed by atoms with Crippen molar-refractivity contribution in [1.82, 2.24) is 10.3 Å². The summed E-state index contributed by atoms with van der Waals surface area (Å²) in [6.45, 7) is 2.53. The lowest BCUT2D eigenvalue weighted by Crippen LogP contribution is -2.25. The van der Waals surface area contributed by atoms with Gasteiger partial charge in [0.2, 0.25) is 5.75 Å². The van der Waals surface area contributed by atoms with E-state index in [-0.39, 0.29) is 5.91 Å². The molecule has 2 aromatic heterocycles. The maximum atomic E-state index is 12.5. The SMILES string of the molecule is COc1cc(C(=O)NCCc2ccc(-c3csc(C)n3)s2)cc(OC)c1OC. The zero-order valence-electron chi connectivity index (χ0n) is 16.2. The molecular formula is C20H22N2O4S2. The van der Waals surface area contributed by atoms with Crippen LogP contribution in [-0.4, -0.2) is 38.8 Å². The van der Waals surface area contributed by atoms with Crippen LogP contribution < -0.4 is 19.5 Å². The van der Waals surface area contributed by atoms with Crippen LogP contribution in [0.15, 0.2) is 29.6 Å². The van der Waals surface area contributed by atoms with Gasteiger partial charge in [0, 0.05) is 22.4 Å².